The molecular formula is C13H19Br2NS. The number of rotatable bonds is 3. The average molecular weight is 381 g/mol. The number of thiophene rings is 1. The maximum atomic E-state index is 3.71. The topological polar surface area (TPSA) is 12.0 Å². The van der Waals surface area contributed by atoms with Crippen LogP contribution in [0.1, 0.15) is 49.8 Å². The zero-order chi connectivity index (χ0) is 12.1. The Bertz CT molecular complexity index is 324. The highest BCUT2D eigenvalue weighted by molar-refractivity contribution is 9.13. The van der Waals surface area contributed by atoms with E-state index in [1.807, 2.05) is 11.3 Å². The van der Waals surface area contributed by atoms with Gasteiger partial charge in [-0.25, -0.2) is 0 Å². The largest absolute Gasteiger partial charge is 0.309 e. The highest BCUT2D eigenvalue weighted by Gasteiger charge is 2.11. The van der Waals surface area contributed by atoms with E-state index >= 15 is 0 Å². The van der Waals surface area contributed by atoms with Gasteiger partial charge in [-0.1, -0.05) is 32.1 Å². The number of hydrogen-bond donors (Lipinski definition) is 1. The van der Waals surface area contributed by atoms with Crippen molar-refractivity contribution in [2.75, 3.05) is 0 Å². The van der Waals surface area contributed by atoms with Gasteiger partial charge in [0.15, 0.2) is 0 Å². The second-order valence-corrected chi connectivity index (χ2v) is 8.07. The number of hydrogen-bond acceptors (Lipinski definition) is 2. The predicted octanol–water partition coefficient (Wildman–Crippen LogP) is 5.48. The molecule has 1 heterocycles. The second kappa shape index (κ2) is 7.27. The molecule has 1 N–H and O–H groups in total. The maximum Gasteiger partial charge on any atom is 0.0843 e. The molecule has 1 fully saturated rings. The Labute approximate surface area is 125 Å². The van der Waals surface area contributed by atoms with E-state index in [0.717, 1.165) is 12.6 Å². The van der Waals surface area contributed by atoms with Crippen molar-refractivity contribution < 1.29 is 0 Å². The van der Waals surface area contributed by atoms with Crippen molar-refractivity contribution >= 4 is 43.2 Å². The van der Waals surface area contributed by atoms with Crippen molar-refractivity contribution in [3.05, 3.63) is 19.2 Å². The van der Waals surface area contributed by atoms with Crippen LogP contribution in [0.5, 0.6) is 0 Å². The lowest BCUT2D eigenvalue weighted by atomic mass is 9.97. The summed E-state index contributed by atoms with van der Waals surface area (Å²) >= 11 is 8.91. The molecular weight excluding hydrogens is 362 g/mol. The van der Waals surface area contributed by atoms with Crippen molar-refractivity contribution in [2.24, 2.45) is 0 Å². The number of nitrogens with one attached hydrogen (secondary N) is 1. The van der Waals surface area contributed by atoms with Crippen LogP contribution in [-0.2, 0) is 6.54 Å². The van der Waals surface area contributed by atoms with Crippen molar-refractivity contribution in [1.29, 1.82) is 0 Å². The summed E-state index contributed by atoms with van der Waals surface area (Å²) in [5.74, 6) is 0. The standard InChI is InChI=1S/C13H19Br2NS/c14-12-8-11(17-13(12)15)9-16-10-6-4-2-1-3-5-7-10/h8,10,16H,1-7,9H2. The highest BCUT2D eigenvalue weighted by atomic mass is 79.9. The summed E-state index contributed by atoms with van der Waals surface area (Å²) in [6, 6.07) is 2.94. The molecule has 4 heteroatoms. The quantitative estimate of drug-likeness (QED) is 0.732. The fourth-order valence-electron chi connectivity index (χ4n) is 2.38. The van der Waals surface area contributed by atoms with Gasteiger partial charge in [-0.15, -0.1) is 11.3 Å². The van der Waals surface area contributed by atoms with Gasteiger partial charge in [0.2, 0.25) is 0 Å². The van der Waals surface area contributed by atoms with Gasteiger partial charge in [-0.3, -0.25) is 0 Å². The highest BCUT2D eigenvalue weighted by Crippen LogP contribution is 2.32. The lowest BCUT2D eigenvalue weighted by Gasteiger charge is -2.20. The van der Waals surface area contributed by atoms with Crippen LogP contribution in [0.4, 0.5) is 0 Å². The summed E-state index contributed by atoms with van der Waals surface area (Å²) in [5.41, 5.74) is 0. The minimum absolute atomic E-state index is 0.731. The lowest BCUT2D eigenvalue weighted by molar-refractivity contribution is 0.390. The molecule has 0 aromatic carbocycles. The molecule has 0 aliphatic heterocycles. The molecule has 1 aromatic heterocycles. The SMILES string of the molecule is Brc1cc(CNC2CCCCCCC2)sc1Br. The zero-order valence-corrected chi connectivity index (χ0v) is 14.0. The van der Waals surface area contributed by atoms with E-state index in [0.29, 0.717) is 0 Å². The summed E-state index contributed by atoms with van der Waals surface area (Å²) in [5, 5.41) is 3.71. The van der Waals surface area contributed by atoms with Crippen molar-refractivity contribution in [1.82, 2.24) is 5.32 Å². The molecule has 1 aliphatic carbocycles. The molecule has 0 unspecified atom stereocenters. The molecule has 0 radical (unpaired) electrons. The van der Waals surface area contributed by atoms with Gasteiger partial charge in [-0.2, -0.15) is 0 Å². The van der Waals surface area contributed by atoms with E-state index < -0.39 is 0 Å². The molecule has 0 spiro atoms. The summed E-state index contributed by atoms with van der Waals surface area (Å²) in [6.45, 7) is 1.01. The first-order valence-corrected chi connectivity index (χ1v) is 8.83. The Hall–Kier alpha value is 0.620. The Morgan fingerprint density at radius 3 is 2.35 bits per heavy atom. The molecule has 0 amide bonds. The third-order valence-corrected chi connectivity index (χ3v) is 6.62. The summed E-state index contributed by atoms with van der Waals surface area (Å²) in [4.78, 5) is 1.41. The first kappa shape index (κ1) is 14.0. The molecule has 1 nitrogen and oxygen atoms in total. The summed E-state index contributed by atoms with van der Waals surface area (Å²) < 4.78 is 2.38. The molecule has 2 rings (SSSR count). The van der Waals surface area contributed by atoms with Gasteiger partial charge in [0, 0.05) is 21.9 Å². The Balaban J connectivity index is 1.79. The molecule has 96 valence electrons. The maximum absolute atomic E-state index is 3.71. The molecule has 0 bridgehead atoms. The van der Waals surface area contributed by atoms with Gasteiger partial charge in [0.1, 0.15) is 0 Å². The van der Waals surface area contributed by atoms with Crippen LogP contribution in [0.25, 0.3) is 0 Å². The lowest BCUT2D eigenvalue weighted by Crippen LogP contribution is -2.28. The third-order valence-electron chi connectivity index (χ3n) is 3.37. The monoisotopic (exact) mass is 379 g/mol. The van der Waals surface area contributed by atoms with Crippen molar-refractivity contribution in [3.63, 3.8) is 0 Å². The normalized spacial score (nSPS) is 18.9. The van der Waals surface area contributed by atoms with E-state index in [1.54, 1.807) is 0 Å². The van der Waals surface area contributed by atoms with Crippen molar-refractivity contribution in [2.45, 2.75) is 57.5 Å². The molecule has 0 saturated heterocycles. The Kier molecular flexibility index (Phi) is 6.00. The van der Waals surface area contributed by atoms with Crippen molar-refractivity contribution in [3.8, 4) is 0 Å². The average Bonchev–Trinajstić information content (AvgIpc) is 2.57. The zero-order valence-electron chi connectivity index (χ0n) is 9.98. The van der Waals surface area contributed by atoms with E-state index in [-0.39, 0.29) is 0 Å². The molecule has 1 aliphatic rings. The van der Waals surface area contributed by atoms with E-state index in [1.165, 1.54) is 58.1 Å². The van der Waals surface area contributed by atoms with Crippen LogP contribution in [0.15, 0.2) is 14.3 Å². The van der Waals surface area contributed by atoms with E-state index in [4.69, 9.17) is 0 Å². The van der Waals surface area contributed by atoms with E-state index in [9.17, 15) is 0 Å². The minimum Gasteiger partial charge on any atom is -0.309 e. The fraction of sp³-hybridized carbons (Fsp3) is 0.692. The first-order chi connectivity index (χ1) is 8.25. The van der Waals surface area contributed by atoms with Crippen LogP contribution in [-0.4, -0.2) is 6.04 Å². The Morgan fingerprint density at radius 1 is 1.12 bits per heavy atom. The number of halogens is 2. The van der Waals surface area contributed by atoms with Gasteiger partial charge in [-0.05, 0) is 50.8 Å². The van der Waals surface area contributed by atoms with Crippen LogP contribution in [0, 0.1) is 0 Å². The fourth-order valence-corrected chi connectivity index (χ4v) is 4.51. The van der Waals surface area contributed by atoms with Crippen LogP contribution in [0.2, 0.25) is 0 Å². The van der Waals surface area contributed by atoms with E-state index in [2.05, 4.69) is 43.2 Å². The third kappa shape index (κ3) is 4.66. The smallest absolute Gasteiger partial charge is 0.0843 e. The first-order valence-electron chi connectivity index (χ1n) is 6.43. The van der Waals surface area contributed by atoms with Gasteiger partial charge >= 0.3 is 0 Å². The molecule has 1 aromatic rings. The predicted molar refractivity (Wildman–Crippen MR) is 82.7 cm³/mol. The summed E-state index contributed by atoms with van der Waals surface area (Å²) in [6.07, 6.45) is 9.80. The van der Waals surface area contributed by atoms with Crippen LogP contribution in [0.3, 0.4) is 0 Å². The summed E-state index contributed by atoms with van der Waals surface area (Å²) in [7, 11) is 0. The van der Waals surface area contributed by atoms with Gasteiger partial charge in [0.25, 0.3) is 0 Å². The van der Waals surface area contributed by atoms with Gasteiger partial charge in [0.05, 0.1) is 3.79 Å². The Morgan fingerprint density at radius 2 is 1.76 bits per heavy atom. The molecule has 17 heavy (non-hydrogen) atoms. The van der Waals surface area contributed by atoms with Gasteiger partial charge < -0.3 is 5.32 Å². The molecule has 1 saturated carbocycles. The van der Waals surface area contributed by atoms with Crippen LogP contribution >= 0.6 is 43.2 Å². The molecule has 0 atom stereocenters. The second-order valence-electron chi connectivity index (χ2n) is 4.76. The van der Waals surface area contributed by atoms with Crippen LogP contribution < -0.4 is 5.32 Å². The minimum atomic E-state index is 0.731.